The van der Waals surface area contributed by atoms with E-state index in [4.69, 9.17) is 0 Å². The minimum absolute atomic E-state index is 0.448. The molecule has 20 heavy (non-hydrogen) atoms. The van der Waals surface area contributed by atoms with Crippen LogP contribution in [0.5, 0.6) is 0 Å². The molecular weight excluding hydrogens is 260 g/mol. The molecule has 1 aromatic heterocycles. The van der Waals surface area contributed by atoms with Crippen LogP contribution < -0.4 is 5.32 Å². The lowest BCUT2D eigenvalue weighted by Gasteiger charge is -2.15. The highest BCUT2D eigenvalue weighted by atomic mass is 19.2. The van der Waals surface area contributed by atoms with Gasteiger partial charge in [-0.15, -0.1) is 0 Å². The predicted octanol–water partition coefficient (Wildman–Crippen LogP) is 4.33. The van der Waals surface area contributed by atoms with Gasteiger partial charge in [-0.1, -0.05) is 12.8 Å². The van der Waals surface area contributed by atoms with Crippen molar-refractivity contribution >= 4 is 11.6 Å². The summed E-state index contributed by atoms with van der Waals surface area (Å²) in [4.78, 5) is 4.44. The number of aryl methyl sites for hydroxylation is 1. The van der Waals surface area contributed by atoms with E-state index in [0.29, 0.717) is 17.7 Å². The van der Waals surface area contributed by atoms with E-state index in [1.165, 1.54) is 18.9 Å². The molecule has 3 nitrogen and oxygen atoms in total. The van der Waals surface area contributed by atoms with Gasteiger partial charge in [0, 0.05) is 24.0 Å². The number of hydrogen-bond donors (Lipinski definition) is 1. The number of nitrogens with zero attached hydrogens (tertiary/aromatic N) is 2. The lowest BCUT2D eigenvalue weighted by molar-refractivity contribution is 0.509. The minimum atomic E-state index is -0.856. The van der Waals surface area contributed by atoms with Crippen molar-refractivity contribution in [3.8, 4) is 0 Å². The van der Waals surface area contributed by atoms with Gasteiger partial charge in [0.1, 0.15) is 0 Å². The first kappa shape index (κ1) is 13.1. The average Bonchev–Trinajstić information content (AvgIpc) is 3.03. The Bertz CT molecular complexity index is 616. The first-order valence-corrected chi connectivity index (χ1v) is 6.91. The molecule has 1 N–H and O–H groups in total. The summed E-state index contributed by atoms with van der Waals surface area (Å²) in [5.74, 6) is -1.00. The zero-order valence-electron chi connectivity index (χ0n) is 11.4. The van der Waals surface area contributed by atoms with E-state index in [0.717, 1.165) is 30.7 Å². The van der Waals surface area contributed by atoms with E-state index in [2.05, 4.69) is 14.9 Å². The van der Waals surface area contributed by atoms with E-state index in [1.54, 1.807) is 0 Å². The second-order valence-electron chi connectivity index (χ2n) is 5.31. The van der Waals surface area contributed by atoms with E-state index in [1.807, 2.05) is 13.1 Å². The summed E-state index contributed by atoms with van der Waals surface area (Å²) >= 11 is 0. The maximum Gasteiger partial charge on any atom is 0.207 e. The Morgan fingerprint density at radius 1 is 1.20 bits per heavy atom. The van der Waals surface area contributed by atoms with Crippen LogP contribution in [-0.2, 0) is 0 Å². The number of rotatable bonds is 3. The van der Waals surface area contributed by atoms with Crippen LogP contribution in [-0.4, -0.2) is 9.55 Å². The molecule has 0 spiro atoms. The molecule has 0 bridgehead atoms. The number of anilines is 2. The minimum Gasteiger partial charge on any atom is -0.325 e. The molecule has 1 heterocycles. The maximum atomic E-state index is 13.2. The summed E-state index contributed by atoms with van der Waals surface area (Å²) in [5.41, 5.74) is 1.43. The fourth-order valence-electron chi connectivity index (χ4n) is 2.77. The Morgan fingerprint density at radius 2 is 1.95 bits per heavy atom. The zero-order chi connectivity index (χ0) is 14.1. The van der Waals surface area contributed by atoms with Crippen molar-refractivity contribution in [2.24, 2.45) is 0 Å². The third kappa shape index (κ3) is 2.53. The Morgan fingerprint density at radius 3 is 2.65 bits per heavy atom. The Kier molecular flexibility index (Phi) is 3.42. The van der Waals surface area contributed by atoms with Crippen LogP contribution in [0.2, 0.25) is 0 Å². The normalized spacial score (nSPS) is 15.8. The van der Waals surface area contributed by atoms with Gasteiger partial charge in [-0.25, -0.2) is 13.8 Å². The van der Waals surface area contributed by atoms with E-state index >= 15 is 0 Å². The van der Waals surface area contributed by atoms with Gasteiger partial charge >= 0.3 is 0 Å². The monoisotopic (exact) mass is 277 g/mol. The van der Waals surface area contributed by atoms with Crippen LogP contribution in [0.3, 0.4) is 0 Å². The quantitative estimate of drug-likeness (QED) is 0.905. The zero-order valence-corrected chi connectivity index (χ0v) is 11.4. The Balaban J connectivity index is 1.87. The third-order valence-electron chi connectivity index (χ3n) is 3.75. The van der Waals surface area contributed by atoms with Crippen LogP contribution in [0, 0.1) is 18.6 Å². The van der Waals surface area contributed by atoms with Crippen molar-refractivity contribution in [1.82, 2.24) is 9.55 Å². The van der Waals surface area contributed by atoms with E-state index in [-0.39, 0.29) is 0 Å². The Hall–Kier alpha value is -1.91. The van der Waals surface area contributed by atoms with Gasteiger partial charge in [0.25, 0.3) is 0 Å². The summed E-state index contributed by atoms with van der Waals surface area (Å²) in [5, 5.41) is 3.08. The number of aromatic nitrogens is 2. The highest BCUT2D eigenvalue weighted by Crippen LogP contribution is 2.33. The standard InChI is InChI=1S/C15H17F2N3/c1-10-9-20(12-4-2-3-5-12)15(18-10)19-11-6-7-13(16)14(17)8-11/h6-9,12H,2-5H2,1H3,(H,18,19). The SMILES string of the molecule is Cc1cn(C2CCCC2)c(Nc2ccc(F)c(F)c2)n1. The molecule has 2 aromatic rings. The van der Waals surface area contributed by atoms with Crippen LogP contribution in [0.1, 0.15) is 37.4 Å². The molecular formula is C15H17F2N3. The van der Waals surface area contributed by atoms with E-state index < -0.39 is 11.6 Å². The van der Waals surface area contributed by atoms with Crippen LogP contribution >= 0.6 is 0 Å². The maximum absolute atomic E-state index is 13.2. The highest BCUT2D eigenvalue weighted by molar-refractivity contribution is 5.54. The average molecular weight is 277 g/mol. The van der Waals surface area contributed by atoms with Crippen LogP contribution in [0.15, 0.2) is 24.4 Å². The summed E-state index contributed by atoms with van der Waals surface area (Å²) in [6.45, 7) is 1.93. The summed E-state index contributed by atoms with van der Waals surface area (Å²) in [6.07, 6.45) is 6.75. The van der Waals surface area contributed by atoms with Gasteiger partial charge in [-0.05, 0) is 31.9 Å². The molecule has 0 saturated heterocycles. The second kappa shape index (κ2) is 5.23. The molecule has 1 aromatic carbocycles. The molecule has 1 aliphatic rings. The molecule has 106 valence electrons. The van der Waals surface area contributed by atoms with Crippen LogP contribution in [0.4, 0.5) is 20.4 Å². The molecule has 0 unspecified atom stereocenters. The Labute approximate surface area is 116 Å². The molecule has 0 amide bonds. The predicted molar refractivity (Wildman–Crippen MR) is 74.1 cm³/mol. The number of halogens is 2. The molecule has 1 fully saturated rings. The van der Waals surface area contributed by atoms with Gasteiger partial charge < -0.3 is 9.88 Å². The number of benzene rings is 1. The topological polar surface area (TPSA) is 29.9 Å². The first-order valence-electron chi connectivity index (χ1n) is 6.91. The molecule has 1 aliphatic carbocycles. The molecule has 0 atom stereocenters. The molecule has 0 aliphatic heterocycles. The van der Waals surface area contributed by atoms with Gasteiger partial charge in [0.15, 0.2) is 11.6 Å². The fraction of sp³-hybridized carbons (Fsp3) is 0.400. The molecule has 5 heteroatoms. The summed E-state index contributed by atoms with van der Waals surface area (Å²) in [6, 6.07) is 4.23. The molecule has 3 rings (SSSR count). The van der Waals surface area contributed by atoms with Gasteiger partial charge in [0.2, 0.25) is 5.95 Å². The number of imidazole rings is 1. The van der Waals surface area contributed by atoms with Crippen molar-refractivity contribution in [3.05, 3.63) is 41.7 Å². The summed E-state index contributed by atoms with van der Waals surface area (Å²) < 4.78 is 28.3. The molecule has 1 saturated carbocycles. The van der Waals surface area contributed by atoms with Gasteiger partial charge in [-0.2, -0.15) is 0 Å². The van der Waals surface area contributed by atoms with Crippen molar-refractivity contribution < 1.29 is 8.78 Å². The van der Waals surface area contributed by atoms with Crippen molar-refractivity contribution in [2.75, 3.05) is 5.32 Å². The lowest BCUT2D eigenvalue weighted by Crippen LogP contribution is -2.08. The van der Waals surface area contributed by atoms with Crippen molar-refractivity contribution in [1.29, 1.82) is 0 Å². The first-order chi connectivity index (χ1) is 9.63. The fourth-order valence-corrected chi connectivity index (χ4v) is 2.77. The van der Waals surface area contributed by atoms with Gasteiger partial charge in [0.05, 0.1) is 5.69 Å². The number of nitrogens with one attached hydrogen (secondary N) is 1. The van der Waals surface area contributed by atoms with Crippen molar-refractivity contribution in [2.45, 2.75) is 38.6 Å². The van der Waals surface area contributed by atoms with Gasteiger partial charge in [-0.3, -0.25) is 0 Å². The highest BCUT2D eigenvalue weighted by Gasteiger charge is 2.20. The lowest BCUT2D eigenvalue weighted by atomic mass is 10.2. The van der Waals surface area contributed by atoms with Crippen LogP contribution in [0.25, 0.3) is 0 Å². The van der Waals surface area contributed by atoms with E-state index in [9.17, 15) is 8.78 Å². The molecule has 0 radical (unpaired) electrons. The largest absolute Gasteiger partial charge is 0.325 e. The second-order valence-corrected chi connectivity index (χ2v) is 5.31. The smallest absolute Gasteiger partial charge is 0.207 e. The van der Waals surface area contributed by atoms with Crippen molar-refractivity contribution in [3.63, 3.8) is 0 Å². The third-order valence-corrected chi connectivity index (χ3v) is 3.75. The number of hydrogen-bond acceptors (Lipinski definition) is 2. The summed E-state index contributed by atoms with van der Waals surface area (Å²) in [7, 11) is 0.